The Morgan fingerprint density at radius 2 is 1.79 bits per heavy atom. The minimum atomic E-state index is -4.53. The van der Waals surface area contributed by atoms with E-state index in [4.69, 9.17) is 27.9 Å². The van der Waals surface area contributed by atoms with Crippen molar-refractivity contribution in [3.63, 3.8) is 0 Å². The first-order valence-corrected chi connectivity index (χ1v) is 13.4. The maximum absolute atomic E-state index is 13.2. The third-order valence-electron chi connectivity index (χ3n) is 5.59. The summed E-state index contributed by atoms with van der Waals surface area (Å²) in [6.07, 6.45) is 0. The number of anilines is 1. The van der Waals surface area contributed by atoms with Crippen molar-refractivity contribution in [1.82, 2.24) is 0 Å². The zero-order valence-electron chi connectivity index (χ0n) is 20.1. The van der Waals surface area contributed by atoms with Crippen molar-refractivity contribution in [3.8, 4) is 11.5 Å². The molecule has 4 rings (SSSR count). The molecule has 0 heterocycles. The van der Waals surface area contributed by atoms with E-state index in [1.165, 1.54) is 19.1 Å². The van der Waals surface area contributed by atoms with Gasteiger partial charge in [0.25, 0.3) is 16.0 Å². The number of ether oxygens (including phenoxy) is 1. The van der Waals surface area contributed by atoms with Crippen LogP contribution in [0.5, 0.6) is 11.5 Å². The van der Waals surface area contributed by atoms with E-state index in [9.17, 15) is 22.9 Å². The number of phenols is 1. The number of nitrogens with one attached hydrogen (secondary N) is 1. The molecule has 0 spiro atoms. The van der Waals surface area contributed by atoms with Gasteiger partial charge < -0.3 is 15.2 Å². The van der Waals surface area contributed by atoms with Crippen LogP contribution in [0.15, 0.2) is 75.8 Å². The predicted molar refractivity (Wildman–Crippen MR) is 146 cm³/mol. The smallest absolute Gasteiger partial charge is 0.296 e. The van der Waals surface area contributed by atoms with Crippen LogP contribution in [0.4, 0.5) is 17.1 Å². The number of benzene rings is 4. The summed E-state index contributed by atoms with van der Waals surface area (Å²) in [6.45, 7) is 3.71. The molecule has 0 aromatic heterocycles. The fourth-order valence-corrected chi connectivity index (χ4v) is 4.94. The van der Waals surface area contributed by atoms with E-state index in [1.807, 2.05) is 6.92 Å². The van der Waals surface area contributed by atoms with Crippen LogP contribution in [0.1, 0.15) is 22.8 Å². The van der Waals surface area contributed by atoms with Gasteiger partial charge in [-0.25, -0.2) is 0 Å². The quantitative estimate of drug-likeness (QED) is 0.155. The Bertz CT molecular complexity index is 1710. The molecule has 196 valence electrons. The van der Waals surface area contributed by atoms with Gasteiger partial charge in [0.15, 0.2) is 5.75 Å². The highest BCUT2D eigenvalue weighted by molar-refractivity contribution is 7.86. The highest BCUT2D eigenvalue weighted by Gasteiger charge is 2.20. The first-order chi connectivity index (χ1) is 18.0. The zero-order valence-corrected chi connectivity index (χ0v) is 22.4. The Balaban J connectivity index is 1.76. The number of rotatable bonds is 7. The van der Waals surface area contributed by atoms with Crippen molar-refractivity contribution >= 4 is 67.1 Å². The summed E-state index contributed by atoms with van der Waals surface area (Å²) in [4.78, 5) is 12.7. The number of amides is 1. The Hall–Kier alpha value is -3.70. The van der Waals surface area contributed by atoms with Crippen LogP contribution < -0.4 is 10.1 Å². The number of fused-ring (bicyclic) bond motifs is 1. The Morgan fingerprint density at radius 1 is 1.05 bits per heavy atom. The van der Waals surface area contributed by atoms with Gasteiger partial charge in [-0.1, -0.05) is 47.5 Å². The first-order valence-electron chi connectivity index (χ1n) is 11.2. The van der Waals surface area contributed by atoms with Gasteiger partial charge in [0.2, 0.25) is 0 Å². The summed E-state index contributed by atoms with van der Waals surface area (Å²) in [5, 5.41) is 23.4. The molecule has 4 aromatic carbocycles. The second-order valence-corrected chi connectivity index (χ2v) is 10.2. The minimum Gasteiger partial charge on any atom is -0.505 e. The van der Waals surface area contributed by atoms with Crippen LogP contribution in [0.2, 0.25) is 10.0 Å². The maximum atomic E-state index is 13.2. The lowest BCUT2D eigenvalue weighted by Crippen LogP contribution is -2.12. The second-order valence-electron chi connectivity index (χ2n) is 8.07. The van der Waals surface area contributed by atoms with Gasteiger partial charge in [0.1, 0.15) is 16.3 Å². The lowest BCUT2D eigenvalue weighted by atomic mass is 10.0. The van der Waals surface area contributed by atoms with Crippen molar-refractivity contribution in [1.29, 1.82) is 0 Å². The number of nitrogens with zero attached hydrogens (tertiary/aromatic N) is 2. The number of halogens is 2. The number of phenolic OH excluding ortho intramolecular Hbond substituents is 1. The molecule has 0 aliphatic heterocycles. The Morgan fingerprint density at radius 3 is 2.50 bits per heavy atom. The average Bonchev–Trinajstić information content (AvgIpc) is 2.86. The number of carbonyl (C=O) groups excluding carboxylic acids is 1. The predicted octanol–water partition coefficient (Wildman–Crippen LogP) is 7.47. The summed E-state index contributed by atoms with van der Waals surface area (Å²) < 4.78 is 37.8. The van der Waals surface area contributed by atoms with Crippen molar-refractivity contribution in [3.05, 3.63) is 81.8 Å². The Labute approximate surface area is 228 Å². The van der Waals surface area contributed by atoms with Crippen molar-refractivity contribution < 1.29 is 27.6 Å². The van der Waals surface area contributed by atoms with E-state index in [2.05, 4.69) is 15.5 Å². The van der Waals surface area contributed by atoms with Gasteiger partial charge in [0.05, 0.1) is 27.9 Å². The maximum Gasteiger partial charge on any atom is 0.296 e. The van der Waals surface area contributed by atoms with Crippen LogP contribution in [-0.4, -0.2) is 30.6 Å². The molecule has 12 heteroatoms. The van der Waals surface area contributed by atoms with Gasteiger partial charge in [0, 0.05) is 17.1 Å². The molecule has 0 bridgehead atoms. The highest BCUT2D eigenvalue weighted by atomic mass is 35.5. The largest absolute Gasteiger partial charge is 0.505 e. The van der Waals surface area contributed by atoms with Gasteiger partial charge in [-0.05, 0) is 55.1 Å². The average molecular weight is 574 g/mol. The molecule has 0 saturated heterocycles. The molecule has 38 heavy (non-hydrogen) atoms. The lowest BCUT2D eigenvalue weighted by Gasteiger charge is -2.13. The molecule has 1 amide bonds. The minimum absolute atomic E-state index is 0.0220. The van der Waals surface area contributed by atoms with E-state index in [0.717, 1.165) is 6.07 Å². The molecule has 0 unspecified atom stereocenters. The number of azo groups is 1. The van der Waals surface area contributed by atoms with E-state index in [-0.39, 0.29) is 27.5 Å². The fourth-order valence-electron chi connectivity index (χ4n) is 3.70. The molecular formula is C26H21Cl2N3O6S. The van der Waals surface area contributed by atoms with Crippen molar-refractivity contribution in [2.75, 3.05) is 11.9 Å². The molecular weight excluding hydrogens is 553 g/mol. The molecule has 0 saturated carbocycles. The van der Waals surface area contributed by atoms with Crippen molar-refractivity contribution in [2.24, 2.45) is 10.2 Å². The molecule has 0 fully saturated rings. The monoisotopic (exact) mass is 573 g/mol. The van der Waals surface area contributed by atoms with Crippen LogP contribution >= 0.6 is 23.2 Å². The Kier molecular flexibility index (Phi) is 7.89. The number of hydrogen-bond donors (Lipinski definition) is 3. The fraction of sp³-hybridized carbons (Fsp3) is 0.115. The first kappa shape index (κ1) is 27.3. The van der Waals surface area contributed by atoms with Crippen LogP contribution in [0.25, 0.3) is 10.8 Å². The van der Waals surface area contributed by atoms with E-state index < -0.39 is 26.7 Å². The second kappa shape index (κ2) is 11.0. The summed E-state index contributed by atoms with van der Waals surface area (Å²) >= 11 is 12.2. The topological polar surface area (TPSA) is 138 Å². The molecule has 0 atom stereocenters. The number of hydrogen-bond acceptors (Lipinski definition) is 7. The van der Waals surface area contributed by atoms with E-state index >= 15 is 0 Å². The highest BCUT2D eigenvalue weighted by Crippen LogP contribution is 2.41. The molecule has 0 aliphatic carbocycles. The van der Waals surface area contributed by atoms with Crippen LogP contribution in [0.3, 0.4) is 0 Å². The summed E-state index contributed by atoms with van der Waals surface area (Å²) in [5.41, 5.74) is 0.819. The van der Waals surface area contributed by atoms with E-state index in [0.29, 0.717) is 33.8 Å². The molecule has 3 N–H and O–H groups in total. The summed E-state index contributed by atoms with van der Waals surface area (Å²) in [6, 6.07) is 15.7. The van der Waals surface area contributed by atoms with E-state index in [1.54, 1.807) is 42.5 Å². The van der Waals surface area contributed by atoms with Gasteiger partial charge in [-0.3, -0.25) is 9.35 Å². The third-order valence-corrected chi connectivity index (χ3v) is 7.39. The lowest BCUT2D eigenvalue weighted by molar-refractivity contribution is 0.102. The molecule has 0 radical (unpaired) electrons. The summed E-state index contributed by atoms with van der Waals surface area (Å²) in [5.74, 6) is -0.619. The van der Waals surface area contributed by atoms with Crippen LogP contribution in [-0.2, 0) is 10.1 Å². The summed E-state index contributed by atoms with van der Waals surface area (Å²) in [7, 11) is -4.53. The van der Waals surface area contributed by atoms with Crippen molar-refractivity contribution in [2.45, 2.75) is 18.7 Å². The number of carbonyl (C=O) groups is 1. The molecule has 9 nitrogen and oxygen atoms in total. The number of aromatic hydroxyl groups is 1. The standard InChI is InChI=1S/C26H21Cl2N3O6S/c1-3-37-21-13-16(8-9-19(21)27)29-26(33)18-12-15-6-4-5-7-17(15)24(25(18)32)31-30-20-10-11-22(38(34,35)36)23(28)14(20)2/h4-13,32H,3H2,1-2H3,(H,29,33)(H,34,35,36). The molecule has 0 aliphatic rings. The van der Waals surface area contributed by atoms with Gasteiger partial charge >= 0.3 is 0 Å². The van der Waals surface area contributed by atoms with Gasteiger partial charge in [-0.2, -0.15) is 13.5 Å². The third kappa shape index (κ3) is 5.58. The SMILES string of the molecule is CCOc1cc(NC(=O)c2cc3ccccc3c(N=Nc3ccc(S(=O)(=O)O)c(Cl)c3C)c2O)ccc1Cl. The molecule has 4 aromatic rings. The zero-order chi connectivity index (χ0) is 27.6. The van der Waals surface area contributed by atoms with Gasteiger partial charge in [-0.15, -0.1) is 5.11 Å². The van der Waals surface area contributed by atoms with Crippen LogP contribution in [0, 0.1) is 6.92 Å². The normalized spacial score (nSPS) is 11.7.